The molecule has 0 radical (unpaired) electrons. The van der Waals surface area contributed by atoms with Crippen LogP contribution in [0.25, 0.3) is 6.08 Å². The maximum Gasteiger partial charge on any atom is 0.255 e. The average Bonchev–Trinajstić information content (AvgIpc) is 2.79. The Bertz CT molecular complexity index is 967. The monoisotopic (exact) mass is 449 g/mol. The summed E-state index contributed by atoms with van der Waals surface area (Å²) in [4.78, 5) is 17.5. The third-order valence-corrected chi connectivity index (χ3v) is 7.57. The van der Waals surface area contributed by atoms with Gasteiger partial charge in [-0.25, -0.2) is 0 Å². The number of carbonyl (C=O) groups is 1. The number of fused-ring (bicyclic) bond motifs is 1. The predicted molar refractivity (Wildman–Crippen MR) is 135 cm³/mol. The van der Waals surface area contributed by atoms with Crippen LogP contribution in [0.4, 0.5) is 0 Å². The highest BCUT2D eigenvalue weighted by Gasteiger charge is 2.39. The molecule has 0 aliphatic carbocycles. The van der Waals surface area contributed by atoms with E-state index in [1.165, 1.54) is 24.0 Å². The number of para-hydroxylation sites is 1. The SMILES string of the molecule is C/C=C\C(C(=O)N1CCC2(CCN(Cc3cccc4c3OC(C)(C)C=C4)CC2)CC1)=C(/C)N. The normalized spacial score (nSPS) is 22.7. The third-order valence-electron chi connectivity index (χ3n) is 7.57. The van der Waals surface area contributed by atoms with Crippen molar-refractivity contribution in [3.05, 3.63) is 58.8 Å². The number of hydrogen-bond acceptors (Lipinski definition) is 4. The van der Waals surface area contributed by atoms with E-state index in [1.807, 2.05) is 24.0 Å². The molecule has 0 unspecified atom stereocenters. The Morgan fingerprint density at radius 2 is 1.79 bits per heavy atom. The molecule has 1 aromatic carbocycles. The summed E-state index contributed by atoms with van der Waals surface area (Å²) in [6, 6.07) is 6.48. The van der Waals surface area contributed by atoms with E-state index >= 15 is 0 Å². The summed E-state index contributed by atoms with van der Waals surface area (Å²) in [5, 5.41) is 0. The van der Waals surface area contributed by atoms with Gasteiger partial charge in [0.05, 0.1) is 5.57 Å². The highest BCUT2D eigenvalue weighted by Crippen LogP contribution is 2.42. The smallest absolute Gasteiger partial charge is 0.255 e. The standard InChI is InChI=1S/C28H39N3O2/c1-5-7-24(21(2)29)26(32)31-18-14-28(15-19-31)12-16-30(17-13-28)20-23-9-6-8-22-10-11-27(3,4)33-25(22)23/h5-11H,12-20,29H2,1-4H3/b7-5-,24-21-. The van der Waals surface area contributed by atoms with Crippen molar-refractivity contribution in [2.45, 2.75) is 65.5 Å². The van der Waals surface area contributed by atoms with E-state index in [9.17, 15) is 4.79 Å². The lowest BCUT2D eigenvalue weighted by atomic mass is 9.71. The molecule has 1 aromatic rings. The lowest BCUT2D eigenvalue weighted by Crippen LogP contribution is -2.48. The van der Waals surface area contributed by atoms with E-state index in [4.69, 9.17) is 10.5 Å². The van der Waals surface area contributed by atoms with Gasteiger partial charge < -0.3 is 15.4 Å². The van der Waals surface area contributed by atoms with Gasteiger partial charge >= 0.3 is 0 Å². The lowest BCUT2D eigenvalue weighted by molar-refractivity contribution is -0.129. The fraction of sp³-hybridized carbons (Fsp3) is 0.536. The zero-order valence-electron chi connectivity index (χ0n) is 20.7. The summed E-state index contributed by atoms with van der Waals surface area (Å²) >= 11 is 0. The van der Waals surface area contributed by atoms with Crippen LogP contribution in [0.3, 0.4) is 0 Å². The number of hydrogen-bond donors (Lipinski definition) is 1. The quantitative estimate of drug-likeness (QED) is 0.526. The van der Waals surface area contributed by atoms with Gasteiger partial charge in [-0.3, -0.25) is 9.69 Å². The van der Waals surface area contributed by atoms with Crippen molar-refractivity contribution in [2.75, 3.05) is 26.2 Å². The fourth-order valence-corrected chi connectivity index (χ4v) is 5.39. The summed E-state index contributed by atoms with van der Waals surface area (Å²) in [5.41, 5.74) is 9.76. The van der Waals surface area contributed by atoms with Gasteiger partial charge in [0.2, 0.25) is 0 Å². The average molecular weight is 450 g/mol. The highest BCUT2D eigenvalue weighted by atomic mass is 16.5. The Morgan fingerprint density at radius 1 is 1.12 bits per heavy atom. The van der Waals surface area contributed by atoms with Crippen molar-refractivity contribution in [1.82, 2.24) is 9.80 Å². The van der Waals surface area contributed by atoms with Gasteiger partial charge in [0.1, 0.15) is 11.4 Å². The number of amides is 1. The van der Waals surface area contributed by atoms with Gasteiger partial charge in [0.25, 0.3) is 5.91 Å². The molecule has 1 spiro atoms. The zero-order chi connectivity index (χ0) is 23.6. The van der Waals surface area contributed by atoms with Gasteiger partial charge in [0, 0.05) is 36.5 Å². The van der Waals surface area contributed by atoms with Crippen molar-refractivity contribution in [3.63, 3.8) is 0 Å². The molecular weight excluding hydrogens is 410 g/mol. The van der Waals surface area contributed by atoms with Crippen LogP contribution < -0.4 is 10.5 Å². The van der Waals surface area contributed by atoms with E-state index in [2.05, 4.69) is 49.1 Å². The van der Waals surface area contributed by atoms with Crippen molar-refractivity contribution in [2.24, 2.45) is 11.1 Å². The summed E-state index contributed by atoms with van der Waals surface area (Å²) in [5.74, 6) is 1.11. The Balaban J connectivity index is 1.34. The first kappa shape index (κ1) is 23.6. The largest absolute Gasteiger partial charge is 0.483 e. The van der Waals surface area contributed by atoms with Crippen LogP contribution >= 0.6 is 0 Å². The molecule has 2 N–H and O–H groups in total. The zero-order valence-corrected chi connectivity index (χ0v) is 20.7. The number of allylic oxidation sites excluding steroid dienone is 2. The number of nitrogens with zero attached hydrogens (tertiary/aromatic N) is 2. The molecule has 3 aliphatic heterocycles. The molecule has 1 amide bonds. The minimum Gasteiger partial charge on any atom is -0.483 e. The summed E-state index contributed by atoms with van der Waals surface area (Å²) in [6.07, 6.45) is 12.6. The van der Waals surface area contributed by atoms with Gasteiger partial charge in [-0.1, -0.05) is 36.4 Å². The molecule has 5 nitrogen and oxygen atoms in total. The second-order valence-corrected chi connectivity index (χ2v) is 10.5. The first-order chi connectivity index (χ1) is 15.7. The minimum atomic E-state index is -0.259. The molecule has 178 valence electrons. The molecule has 4 rings (SSSR count). The molecule has 0 aromatic heterocycles. The highest BCUT2D eigenvalue weighted by molar-refractivity contribution is 5.96. The fourth-order valence-electron chi connectivity index (χ4n) is 5.39. The third kappa shape index (κ3) is 5.19. The van der Waals surface area contributed by atoms with Crippen LogP contribution in [-0.4, -0.2) is 47.5 Å². The number of piperidine rings is 2. The molecule has 33 heavy (non-hydrogen) atoms. The van der Waals surface area contributed by atoms with E-state index in [-0.39, 0.29) is 11.5 Å². The number of benzene rings is 1. The first-order valence-corrected chi connectivity index (χ1v) is 12.3. The molecule has 2 saturated heterocycles. The summed E-state index contributed by atoms with van der Waals surface area (Å²) in [6.45, 7) is 12.7. The van der Waals surface area contributed by atoms with Crippen molar-refractivity contribution < 1.29 is 9.53 Å². The van der Waals surface area contributed by atoms with Crippen LogP contribution in [0.1, 0.15) is 64.5 Å². The van der Waals surface area contributed by atoms with Crippen molar-refractivity contribution in [3.8, 4) is 5.75 Å². The predicted octanol–water partition coefficient (Wildman–Crippen LogP) is 4.88. The van der Waals surface area contributed by atoms with Crippen LogP contribution in [0.5, 0.6) is 5.75 Å². The first-order valence-electron chi connectivity index (χ1n) is 12.3. The molecular formula is C28H39N3O2. The second kappa shape index (κ2) is 9.38. The molecule has 0 saturated carbocycles. The summed E-state index contributed by atoms with van der Waals surface area (Å²) in [7, 11) is 0. The van der Waals surface area contributed by atoms with Crippen LogP contribution in [-0.2, 0) is 11.3 Å². The Labute approximate surface area is 199 Å². The van der Waals surface area contributed by atoms with E-state index in [0.29, 0.717) is 16.7 Å². The maximum atomic E-state index is 12.9. The van der Waals surface area contributed by atoms with E-state index in [1.54, 1.807) is 6.92 Å². The maximum absolute atomic E-state index is 12.9. The Hall–Kier alpha value is -2.53. The molecule has 5 heteroatoms. The number of carbonyl (C=O) groups excluding carboxylic acids is 1. The van der Waals surface area contributed by atoms with Gasteiger partial charge in [-0.15, -0.1) is 0 Å². The Kier molecular flexibility index (Phi) is 6.71. The number of rotatable bonds is 4. The molecule has 3 aliphatic rings. The topological polar surface area (TPSA) is 58.8 Å². The van der Waals surface area contributed by atoms with E-state index in [0.717, 1.165) is 51.3 Å². The molecule has 0 bridgehead atoms. The van der Waals surface area contributed by atoms with Crippen LogP contribution in [0.15, 0.2) is 47.7 Å². The number of likely N-dealkylation sites (tertiary alicyclic amines) is 2. The molecule has 3 heterocycles. The van der Waals surface area contributed by atoms with Crippen molar-refractivity contribution in [1.29, 1.82) is 0 Å². The Morgan fingerprint density at radius 3 is 2.42 bits per heavy atom. The van der Waals surface area contributed by atoms with Crippen LogP contribution in [0, 0.1) is 5.41 Å². The number of nitrogens with two attached hydrogens (primary N) is 1. The van der Waals surface area contributed by atoms with Crippen molar-refractivity contribution >= 4 is 12.0 Å². The summed E-state index contributed by atoms with van der Waals surface area (Å²) < 4.78 is 6.32. The van der Waals surface area contributed by atoms with Gasteiger partial charge in [-0.05, 0) is 78.0 Å². The van der Waals surface area contributed by atoms with E-state index < -0.39 is 0 Å². The van der Waals surface area contributed by atoms with Crippen LogP contribution in [0.2, 0.25) is 0 Å². The molecule has 0 atom stereocenters. The number of ether oxygens (including phenoxy) is 1. The van der Waals surface area contributed by atoms with Gasteiger partial charge in [-0.2, -0.15) is 0 Å². The minimum absolute atomic E-state index is 0.0752. The second-order valence-electron chi connectivity index (χ2n) is 10.5. The molecule has 2 fully saturated rings. The van der Waals surface area contributed by atoms with Gasteiger partial charge in [0.15, 0.2) is 0 Å². The lowest BCUT2D eigenvalue weighted by Gasteiger charge is -2.47.